The van der Waals surface area contributed by atoms with Crippen molar-refractivity contribution in [1.29, 1.82) is 0 Å². The van der Waals surface area contributed by atoms with Crippen molar-refractivity contribution in [2.24, 2.45) is 11.7 Å². The van der Waals surface area contributed by atoms with Gasteiger partial charge in [0, 0.05) is 0 Å². The van der Waals surface area contributed by atoms with Crippen LogP contribution in [0.4, 0.5) is 0 Å². The Labute approximate surface area is 122 Å². The first kappa shape index (κ1) is 18.8. The Balaban J connectivity index is 3.92. The maximum absolute atomic E-state index is 11.6. The third-order valence-electron chi connectivity index (χ3n) is 2.87. The van der Waals surface area contributed by atoms with Crippen molar-refractivity contribution in [3.05, 3.63) is 0 Å². The highest BCUT2D eigenvalue weighted by Crippen LogP contribution is 2.04. The van der Waals surface area contributed by atoms with E-state index in [1.165, 1.54) is 0 Å². The molecule has 0 aliphatic heterocycles. The van der Waals surface area contributed by atoms with Gasteiger partial charge in [-0.3, -0.25) is 19.2 Å². The van der Waals surface area contributed by atoms with Crippen LogP contribution >= 0.6 is 0 Å². The van der Waals surface area contributed by atoms with E-state index < -0.39 is 36.3 Å². The van der Waals surface area contributed by atoms with Crippen LogP contribution in [-0.4, -0.2) is 54.5 Å². The molecule has 0 aromatic heterocycles. The van der Waals surface area contributed by atoms with Crippen molar-refractivity contribution in [1.82, 2.24) is 16.0 Å². The van der Waals surface area contributed by atoms with Crippen LogP contribution in [0.1, 0.15) is 20.3 Å². The van der Waals surface area contributed by atoms with Gasteiger partial charge in [0.15, 0.2) is 0 Å². The summed E-state index contributed by atoms with van der Waals surface area (Å²) in [5.41, 5.74) is 5.68. The lowest BCUT2D eigenvalue weighted by Crippen LogP contribution is -2.48. The number of hydrogen-bond acceptors (Lipinski definition) is 5. The average molecular weight is 302 g/mol. The summed E-state index contributed by atoms with van der Waals surface area (Å²) in [4.78, 5) is 44.3. The van der Waals surface area contributed by atoms with Gasteiger partial charge in [-0.05, 0) is 5.92 Å². The Morgan fingerprint density at radius 3 is 1.95 bits per heavy atom. The molecule has 0 rings (SSSR count). The van der Waals surface area contributed by atoms with Crippen LogP contribution in [0.25, 0.3) is 0 Å². The Kier molecular flexibility index (Phi) is 8.70. The summed E-state index contributed by atoms with van der Waals surface area (Å²) in [7, 11) is 0. The van der Waals surface area contributed by atoms with E-state index >= 15 is 0 Å². The number of aliphatic carboxylic acids is 1. The number of rotatable bonds is 9. The average Bonchev–Trinajstić information content (AvgIpc) is 2.46. The maximum Gasteiger partial charge on any atom is 0.322 e. The zero-order valence-electron chi connectivity index (χ0n) is 12.1. The van der Waals surface area contributed by atoms with Gasteiger partial charge in [0.2, 0.25) is 17.7 Å². The number of carboxylic acids is 1. The molecule has 0 aromatic rings. The Hall–Kier alpha value is -2.16. The van der Waals surface area contributed by atoms with E-state index in [0.717, 1.165) is 6.42 Å². The van der Waals surface area contributed by atoms with Crippen LogP contribution in [-0.2, 0) is 19.2 Å². The highest BCUT2D eigenvalue weighted by molar-refractivity contribution is 5.90. The summed E-state index contributed by atoms with van der Waals surface area (Å²) < 4.78 is 0. The fourth-order valence-electron chi connectivity index (χ4n) is 1.28. The van der Waals surface area contributed by atoms with Crippen LogP contribution in [0.5, 0.6) is 0 Å². The molecule has 6 N–H and O–H groups in total. The fourth-order valence-corrected chi connectivity index (χ4v) is 1.28. The molecule has 2 unspecified atom stereocenters. The van der Waals surface area contributed by atoms with Gasteiger partial charge in [-0.2, -0.15) is 0 Å². The smallest absolute Gasteiger partial charge is 0.322 e. The number of nitrogens with two attached hydrogens (primary N) is 1. The third-order valence-corrected chi connectivity index (χ3v) is 2.87. The fraction of sp³-hybridized carbons (Fsp3) is 0.667. The van der Waals surface area contributed by atoms with Crippen molar-refractivity contribution in [3.63, 3.8) is 0 Å². The predicted molar refractivity (Wildman–Crippen MR) is 74.1 cm³/mol. The van der Waals surface area contributed by atoms with E-state index in [1.807, 2.05) is 13.8 Å². The zero-order chi connectivity index (χ0) is 16.4. The SMILES string of the molecule is CCC(C)C(N)C(=O)NCC(=O)NCC(=O)NCC(=O)O. The normalized spacial score (nSPS) is 12.9. The van der Waals surface area contributed by atoms with E-state index in [-0.39, 0.29) is 19.0 Å². The quantitative estimate of drug-likeness (QED) is 0.326. The number of hydrogen-bond donors (Lipinski definition) is 5. The summed E-state index contributed by atoms with van der Waals surface area (Å²) in [6, 6.07) is -0.693. The number of carbonyl (C=O) groups is 4. The molecule has 0 saturated carbocycles. The van der Waals surface area contributed by atoms with Gasteiger partial charge in [-0.1, -0.05) is 20.3 Å². The van der Waals surface area contributed by atoms with Crippen molar-refractivity contribution in [2.45, 2.75) is 26.3 Å². The molecule has 0 aromatic carbocycles. The first-order valence-electron chi connectivity index (χ1n) is 6.56. The molecule has 9 heteroatoms. The molecule has 9 nitrogen and oxygen atoms in total. The second-order valence-corrected chi connectivity index (χ2v) is 4.58. The zero-order valence-corrected chi connectivity index (χ0v) is 12.1. The van der Waals surface area contributed by atoms with Crippen molar-refractivity contribution in [2.75, 3.05) is 19.6 Å². The lowest BCUT2D eigenvalue weighted by molar-refractivity contribution is -0.137. The molecule has 0 heterocycles. The summed E-state index contributed by atoms with van der Waals surface area (Å²) in [5, 5.41) is 15.0. The van der Waals surface area contributed by atoms with Crippen LogP contribution in [0, 0.1) is 5.92 Å². The van der Waals surface area contributed by atoms with E-state index in [2.05, 4.69) is 16.0 Å². The molecule has 0 radical (unpaired) electrons. The Bertz CT molecular complexity index is 399. The minimum atomic E-state index is -1.18. The van der Waals surface area contributed by atoms with E-state index in [0.29, 0.717) is 0 Å². The monoisotopic (exact) mass is 302 g/mol. The summed E-state index contributed by atoms with van der Waals surface area (Å²) >= 11 is 0. The number of carbonyl (C=O) groups excluding carboxylic acids is 3. The molecular weight excluding hydrogens is 280 g/mol. The highest BCUT2D eigenvalue weighted by Gasteiger charge is 2.19. The molecule has 21 heavy (non-hydrogen) atoms. The van der Waals surface area contributed by atoms with Crippen molar-refractivity contribution in [3.8, 4) is 0 Å². The van der Waals surface area contributed by atoms with Crippen LogP contribution in [0.3, 0.4) is 0 Å². The molecule has 0 aliphatic carbocycles. The van der Waals surface area contributed by atoms with Crippen LogP contribution in [0.15, 0.2) is 0 Å². The van der Waals surface area contributed by atoms with Gasteiger partial charge in [0.25, 0.3) is 0 Å². The van der Waals surface area contributed by atoms with Crippen LogP contribution < -0.4 is 21.7 Å². The standard InChI is InChI=1S/C12H22N4O5/c1-3-7(2)11(13)12(21)16-5-9(18)14-4-8(17)15-6-10(19)20/h7,11H,3-6,13H2,1-2H3,(H,14,18)(H,15,17)(H,16,21)(H,19,20). The van der Waals surface area contributed by atoms with Gasteiger partial charge in [-0.25, -0.2) is 0 Å². The molecule has 0 spiro atoms. The Morgan fingerprint density at radius 2 is 1.48 bits per heavy atom. The van der Waals surface area contributed by atoms with Crippen LogP contribution in [0.2, 0.25) is 0 Å². The number of carboxylic acid groups (broad SMARTS) is 1. The van der Waals surface area contributed by atoms with Gasteiger partial charge in [-0.15, -0.1) is 0 Å². The van der Waals surface area contributed by atoms with Gasteiger partial charge in [0.1, 0.15) is 6.54 Å². The number of nitrogens with one attached hydrogen (secondary N) is 3. The maximum atomic E-state index is 11.6. The van der Waals surface area contributed by atoms with Crippen molar-refractivity contribution < 1.29 is 24.3 Å². The minimum Gasteiger partial charge on any atom is -0.480 e. The molecule has 0 aliphatic rings. The summed E-state index contributed by atoms with van der Waals surface area (Å²) in [5.74, 6) is -2.82. The second-order valence-electron chi connectivity index (χ2n) is 4.58. The second kappa shape index (κ2) is 9.70. The van der Waals surface area contributed by atoms with Gasteiger partial charge in [0.05, 0.1) is 19.1 Å². The summed E-state index contributed by atoms with van der Waals surface area (Å²) in [6.07, 6.45) is 0.741. The Morgan fingerprint density at radius 1 is 1.00 bits per heavy atom. The molecule has 0 saturated heterocycles. The molecule has 120 valence electrons. The van der Waals surface area contributed by atoms with Crippen molar-refractivity contribution >= 4 is 23.7 Å². The van der Waals surface area contributed by atoms with E-state index in [4.69, 9.17) is 10.8 Å². The predicted octanol–water partition coefficient (Wildman–Crippen LogP) is -2.21. The largest absolute Gasteiger partial charge is 0.480 e. The minimum absolute atomic E-state index is 0.00476. The van der Waals surface area contributed by atoms with E-state index in [1.54, 1.807) is 0 Å². The number of amides is 3. The summed E-state index contributed by atoms with van der Waals surface area (Å²) in [6.45, 7) is 2.56. The lowest BCUT2D eigenvalue weighted by Gasteiger charge is -2.17. The molecule has 2 atom stereocenters. The molecule has 3 amide bonds. The molecule has 0 bridgehead atoms. The molecule has 0 fully saturated rings. The lowest BCUT2D eigenvalue weighted by atomic mass is 9.99. The van der Waals surface area contributed by atoms with E-state index in [9.17, 15) is 19.2 Å². The third kappa shape index (κ3) is 8.58. The van der Waals surface area contributed by atoms with Gasteiger partial charge >= 0.3 is 5.97 Å². The first-order chi connectivity index (χ1) is 9.77. The highest BCUT2D eigenvalue weighted by atomic mass is 16.4. The molecular formula is C12H22N4O5. The van der Waals surface area contributed by atoms with Gasteiger partial charge < -0.3 is 26.8 Å². The topological polar surface area (TPSA) is 151 Å². The first-order valence-corrected chi connectivity index (χ1v) is 6.56.